The van der Waals surface area contributed by atoms with E-state index in [4.69, 9.17) is 4.52 Å². The van der Waals surface area contributed by atoms with Crippen molar-refractivity contribution in [1.29, 1.82) is 0 Å². The van der Waals surface area contributed by atoms with Crippen LogP contribution in [0, 0.1) is 5.41 Å². The Kier molecular flexibility index (Phi) is 5.90. The highest BCUT2D eigenvalue weighted by molar-refractivity contribution is 6.24. The summed E-state index contributed by atoms with van der Waals surface area (Å²) >= 11 is 0. The van der Waals surface area contributed by atoms with E-state index in [2.05, 4.69) is 10.1 Å². The molecule has 6 heteroatoms. The molecular weight excluding hydrogens is 392 g/mol. The monoisotopic (exact) mass is 420 g/mol. The van der Waals surface area contributed by atoms with Crippen molar-refractivity contribution in [3.63, 3.8) is 0 Å². The standard InChI is InChI=1S/C25H28N2O4/c1-25(2)13-21(30)24-18(27-31-22(24)14-25)11-12-20(29)23-17(9-6-10-19(23)28)26-15-16-7-4-3-5-8-16/h3-5,7-8,29H,6,9-15H2,1-2H3/b23-20-,26-17?. The fraction of sp³-hybridized carbons (Fsp3) is 0.440. The number of hydrogen-bond acceptors (Lipinski definition) is 6. The Bertz CT molecular complexity index is 1060. The van der Waals surface area contributed by atoms with Gasteiger partial charge in [0.05, 0.1) is 23.4 Å². The van der Waals surface area contributed by atoms with E-state index < -0.39 is 0 Å². The molecule has 0 spiro atoms. The van der Waals surface area contributed by atoms with E-state index in [1.807, 2.05) is 44.2 Å². The van der Waals surface area contributed by atoms with Crippen LogP contribution in [0.2, 0.25) is 0 Å². The van der Waals surface area contributed by atoms with Gasteiger partial charge in [0.1, 0.15) is 11.5 Å². The summed E-state index contributed by atoms with van der Waals surface area (Å²) in [6.45, 7) is 4.55. The van der Waals surface area contributed by atoms with E-state index in [1.165, 1.54) is 0 Å². The van der Waals surface area contributed by atoms with Gasteiger partial charge in [0.15, 0.2) is 11.6 Å². The fourth-order valence-corrected chi connectivity index (χ4v) is 4.44. The van der Waals surface area contributed by atoms with Crippen molar-refractivity contribution >= 4 is 17.3 Å². The van der Waals surface area contributed by atoms with Gasteiger partial charge in [-0.15, -0.1) is 0 Å². The van der Waals surface area contributed by atoms with Crippen molar-refractivity contribution in [3.8, 4) is 0 Å². The van der Waals surface area contributed by atoms with Crippen molar-refractivity contribution in [3.05, 3.63) is 64.2 Å². The van der Waals surface area contributed by atoms with E-state index in [1.54, 1.807) is 0 Å². The molecule has 0 aliphatic heterocycles. The number of aliphatic hydroxyl groups excluding tert-OH is 1. The number of rotatable bonds is 5. The Labute approximate surface area is 182 Å². The lowest BCUT2D eigenvalue weighted by Gasteiger charge is -2.26. The van der Waals surface area contributed by atoms with Crippen LogP contribution in [-0.2, 0) is 24.2 Å². The predicted molar refractivity (Wildman–Crippen MR) is 117 cm³/mol. The molecule has 1 saturated carbocycles. The van der Waals surface area contributed by atoms with Crippen LogP contribution < -0.4 is 0 Å². The number of allylic oxidation sites excluding steroid dienone is 2. The third kappa shape index (κ3) is 4.68. The molecule has 0 radical (unpaired) electrons. The van der Waals surface area contributed by atoms with Crippen molar-refractivity contribution in [2.75, 3.05) is 0 Å². The number of fused-ring (bicyclic) bond motifs is 1. The Morgan fingerprint density at radius 2 is 1.90 bits per heavy atom. The smallest absolute Gasteiger partial charge is 0.168 e. The SMILES string of the molecule is CC1(C)CC(=O)c2c(CC/C(O)=C3/C(=O)CCCC3=NCc3ccccc3)noc2C1. The van der Waals surface area contributed by atoms with Crippen LogP contribution in [0.15, 0.2) is 51.2 Å². The first kappa shape index (κ1) is 21.2. The number of hydrogen-bond donors (Lipinski definition) is 1. The maximum absolute atomic E-state index is 12.6. The largest absolute Gasteiger partial charge is 0.511 e. The molecule has 0 amide bonds. The quantitative estimate of drug-likeness (QED) is 0.545. The van der Waals surface area contributed by atoms with Crippen molar-refractivity contribution in [1.82, 2.24) is 5.16 Å². The third-order valence-corrected chi connectivity index (χ3v) is 5.96. The molecule has 2 aromatic rings. The summed E-state index contributed by atoms with van der Waals surface area (Å²) in [5.41, 5.74) is 3.05. The molecule has 0 saturated heterocycles. The molecule has 31 heavy (non-hydrogen) atoms. The number of carbonyl (C=O) groups is 2. The van der Waals surface area contributed by atoms with E-state index in [0.29, 0.717) is 67.0 Å². The van der Waals surface area contributed by atoms with Gasteiger partial charge in [-0.1, -0.05) is 49.3 Å². The van der Waals surface area contributed by atoms with Crippen molar-refractivity contribution in [2.45, 2.75) is 65.3 Å². The van der Waals surface area contributed by atoms with Gasteiger partial charge >= 0.3 is 0 Å². The summed E-state index contributed by atoms with van der Waals surface area (Å²) in [5.74, 6) is 0.614. The zero-order chi connectivity index (χ0) is 22.0. The molecule has 0 atom stereocenters. The zero-order valence-electron chi connectivity index (χ0n) is 18.1. The number of aromatic nitrogens is 1. The minimum atomic E-state index is -0.135. The highest BCUT2D eigenvalue weighted by atomic mass is 16.5. The summed E-state index contributed by atoms with van der Waals surface area (Å²) in [6.07, 6.45) is 3.52. The number of carbonyl (C=O) groups excluding carboxylic acids is 2. The average molecular weight is 421 g/mol. The van der Waals surface area contributed by atoms with Crippen LogP contribution in [0.3, 0.4) is 0 Å². The van der Waals surface area contributed by atoms with Gasteiger partial charge in [-0.25, -0.2) is 0 Å². The lowest BCUT2D eigenvalue weighted by molar-refractivity contribution is -0.115. The third-order valence-electron chi connectivity index (χ3n) is 5.96. The van der Waals surface area contributed by atoms with Gasteiger partial charge in [-0.05, 0) is 23.8 Å². The first-order valence-corrected chi connectivity index (χ1v) is 10.9. The number of ketones is 2. The molecule has 4 rings (SSSR count). The van der Waals surface area contributed by atoms with Crippen LogP contribution >= 0.6 is 0 Å². The zero-order valence-corrected chi connectivity index (χ0v) is 18.1. The number of aliphatic imine (C=N–C) groups is 1. The number of aryl methyl sites for hydroxylation is 1. The number of nitrogens with zero attached hydrogens (tertiary/aromatic N) is 2. The van der Waals surface area contributed by atoms with Crippen LogP contribution in [-0.4, -0.2) is 27.5 Å². The van der Waals surface area contributed by atoms with Gasteiger partial charge in [0.2, 0.25) is 0 Å². The van der Waals surface area contributed by atoms with Crippen LogP contribution in [0.4, 0.5) is 0 Å². The van der Waals surface area contributed by atoms with Gasteiger partial charge in [-0.3, -0.25) is 14.6 Å². The van der Waals surface area contributed by atoms with E-state index in [9.17, 15) is 14.7 Å². The fourth-order valence-electron chi connectivity index (χ4n) is 4.44. The average Bonchev–Trinajstić information content (AvgIpc) is 3.13. The highest BCUT2D eigenvalue weighted by Crippen LogP contribution is 2.36. The van der Waals surface area contributed by atoms with Gasteiger partial charge < -0.3 is 9.63 Å². The van der Waals surface area contributed by atoms with E-state index in [0.717, 1.165) is 12.0 Å². The Morgan fingerprint density at radius 3 is 2.68 bits per heavy atom. The second kappa shape index (κ2) is 8.61. The maximum Gasteiger partial charge on any atom is 0.168 e. The Balaban J connectivity index is 1.53. The molecule has 1 aromatic carbocycles. The molecule has 1 fully saturated rings. The lowest BCUT2D eigenvalue weighted by Crippen LogP contribution is -2.26. The lowest BCUT2D eigenvalue weighted by atomic mass is 9.76. The van der Waals surface area contributed by atoms with Crippen LogP contribution in [0.5, 0.6) is 0 Å². The van der Waals surface area contributed by atoms with Gasteiger partial charge in [0, 0.05) is 37.8 Å². The van der Waals surface area contributed by atoms with Crippen molar-refractivity contribution in [2.24, 2.45) is 10.4 Å². The molecule has 0 unspecified atom stereocenters. The Hall–Kier alpha value is -3.02. The summed E-state index contributed by atoms with van der Waals surface area (Å²) in [6, 6.07) is 9.84. The highest BCUT2D eigenvalue weighted by Gasteiger charge is 2.36. The van der Waals surface area contributed by atoms with Gasteiger partial charge in [0.25, 0.3) is 0 Å². The molecule has 0 bridgehead atoms. The number of aliphatic hydroxyl groups is 1. The maximum atomic E-state index is 12.6. The second-order valence-electron chi connectivity index (χ2n) is 9.22. The minimum absolute atomic E-state index is 0.0249. The molecule has 162 valence electrons. The minimum Gasteiger partial charge on any atom is -0.511 e. The van der Waals surface area contributed by atoms with E-state index in [-0.39, 0.29) is 29.2 Å². The van der Waals surface area contributed by atoms with Crippen LogP contribution in [0.1, 0.15) is 73.3 Å². The Morgan fingerprint density at radius 1 is 1.13 bits per heavy atom. The number of Topliss-reactive ketones (excluding diaryl/α,β-unsaturated/α-hetero) is 2. The molecule has 1 N–H and O–H groups in total. The normalized spacial score (nSPS) is 21.3. The van der Waals surface area contributed by atoms with Gasteiger partial charge in [-0.2, -0.15) is 0 Å². The summed E-state index contributed by atoms with van der Waals surface area (Å²) < 4.78 is 5.44. The molecule has 2 aliphatic rings. The second-order valence-corrected chi connectivity index (χ2v) is 9.22. The summed E-state index contributed by atoms with van der Waals surface area (Å²) in [5, 5.41) is 14.9. The summed E-state index contributed by atoms with van der Waals surface area (Å²) in [4.78, 5) is 29.8. The van der Waals surface area contributed by atoms with E-state index >= 15 is 0 Å². The first-order chi connectivity index (χ1) is 14.8. The molecule has 2 aliphatic carbocycles. The topological polar surface area (TPSA) is 92.8 Å². The van der Waals surface area contributed by atoms with Crippen molar-refractivity contribution < 1.29 is 19.2 Å². The first-order valence-electron chi connectivity index (χ1n) is 10.9. The predicted octanol–water partition coefficient (Wildman–Crippen LogP) is 4.97. The van der Waals surface area contributed by atoms with Crippen LogP contribution in [0.25, 0.3) is 0 Å². The summed E-state index contributed by atoms with van der Waals surface area (Å²) in [7, 11) is 0. The molecular formula is C25H28N2O4. The molecule has 6 nitrogen and oxygen atoms in total. The molecule has 1 aromatic heterocycles. The molecule has 1 heterocycles. The number of benzene rings is 1.